The molecule has 7 heteroatoms. The summed E-state index contributed by atoms with van der Waals surface area (Å²) in [5, 5.41) is 13.4. The van der Waals surface area contributed by atoms with Gasteiger partial charge in [-0.05, 0) is 36.6 Å². The number of aliphatic hydroxyl groups is 1. The zero-order chi connectivity index (χ0) is 23.3. The molecule has 3 aromatic rings. The van der Waals surface area contributed by atoms with E-state index in [1.807, 2.05) is 30.3 Å². The van der Waals surface area contributed by atoms with Crippen LogP contribution in [0.2, 0.25) is 0 Å². The summed E-state index contributed by atoms with van der Waals surface area (Å²) < 4.78 is 1.04. The van der Waals surface area contributed by atoms with Gasteiger partial charge in [-0.15, -0.1) is 11.3 Å². The van der Waals surface area contributed by atoms with Gasteiger partial charge in [0, 0.05) is 37.6 Å². The average Bonchev–Trinajstić information content (AvgIpc) is 3.34. The first-order valence-electron chi connectivity index (χ1n) is 12.2. The number of nitrogens with zero attached hydrogens (tertiary/aromatic N) is 4. The van der Waals surface area contributed by atoms with Crippen molar-refractivity contribution >= 4 is 32.9 Å². The van der Waals surface area contributed by atoms with Crippen LogP contribution in [0.1, 0.15) is 36.2 Å². The Bertz CT molecular complexity index is 1160. The fourth-order valence-electron chi connectivity index (χ4n) is 4.77. The van der Waals surface area contributed by atoms with Crippen molar-refractivity contribution in [1.29, 1.82) is 0 Å². The number of aliphatic hydroxyl groups excluding tert-OH is 1. The van der Waals surface area contributed by atoms with E-state index < -0.39 is 0 Å². The zero-order valence-electron chi connectivity index (χ0n) is 19.8. The molecule has 0 bridgehead atoms. The predicted molar refractivity (Wildman–Crippen MR) is 141 cm³/mol. The number of thiophene rings is 1. The van der Waals surface area contributed by atoms with E-state index >= 15 is 0 Å². The predicted octanol–water partition coefficient (Wildman–Crippen LogP) is 4.58. The first-order chi connectivity index (χ1) is 16.7. The van der Waals surface area contributed by atoms with Crippen LogP contribution in [0, 0.1) is 0 Å². The van der Waals surface area contributed by atoms with Crippen molar-refractivity contribution < 1.29 is 5.11 Å². The van der Waals surface area contributed by atoms with Crippen molar-refractivity contribution in [3.63, 3.8) is 0 Å². The second kappa shape index (κ2) is 10.8. The van der Waals surface area contributed by atoms with Crippen molar-refractivity contribution in [1.82, 2.24) is 19.8 Å². The summed E-state index contributed by atoms with van der Waals surface area (Å²) in [5.41, 5.74) is 4.89. The van der Waals surface area contributed by atoms with Crippen LogP contribution in [0.15, 0.2) is 60.5 Å². The van der Waals surface area contributed by atoms with Gasteiger partial charge in [0.25, 0.3) is 0 Å². The third-order valence-electron chi connectivity index (χ3n) is 6.90. The Morgan fingerprint density at radius 3 is 2.53 bits per heavy atom. The second-order valence-corrected chi connectivity index (χ2v) is 10.1. The van der Waals surface area contributed by atoms with Gasteiger partial charge >= 0.3 is 0 Å². The van der Waals surface area contributed by atoms with Gasteiger partial charge in [-0.2, -0.15) is 0 Å². The van der Waals surface area contributed by atoms with Gasteiger partial charge in [-0.3, -0.25) is 4.90 Å². The minimum atomic E-state index is -0.205. The lowest BCUT2D eigenvalue weighted by Gasteiger charge is -2.34. The monoisotopic (exact) mass is 475 g/mol. The van der Waals surface area contributed by atoms with Crippen LogP contribution in [0.5, 0.6) is 0 Å². The molecule has 0 spiro atoms. The van der Waals surface area contributed by atoms with E-state index in [9.17, 15) is 5.11 Å². The van der Waals surface area contributed by atoms with E-state index in [1.165, 1.54) is 42.2 Å². The number of benzene rings is 1. The Balaban J connectivity index is 1.30. The molecular weight excluding hydrogens is 442 g/mol. The summed E-state index contributed by atoms with van der Waals surface area (Å²) in [5.74, 6) is 0.781. The molecule has 1 aliphatic carbocycles. The van der Waals surface area contributed by atoms with Gasteiger partial charge in [-0.25, -0.2) is 9.97 Å². The third-order valence-corrected chi connectivity index (χ3v) is 8.10. The van der Waals surface area contributed by atoms with Gasteiger partial charge in [0.1, 0.15) is 12.1 Å². The molecule has 0 saturated carbocycles. The minimum Gasteiger partial charge on any atom is -0.394 e. The lowest BCUT2D eigenvalue weighted by atomic mass is 9.97. The highest BCUT2D eigenvalue weighted by Gasteiger charge is 2.19. The Morgan fingerprint density at radius 1 is 1.03 bits per heavy atom. The van der Waals surface area contributed by atoms with Crippen LogP contribution in [0.25, 0.3) is 15.8 Å². The van der Waals surface area contributed by atoms with E-state index in [4.69, 9.17) is 0 Å². The number of fused-ring (bicyclic) bond motifs is 1. The molecule has 1 aromatic carbocycles. The first-order valence-corrected chi connectivity index (χ1v) is 13.1. The van der Waals surface area contributed by atoms with Crippen LogP contribution in [0.3, 0.4) is 0 Å². The van der Waals surface area contributed by atoms with Gasteiger partial charge in [0.2, 0.25) is 0 Å². The topological polar surface area (TPSA) is 64.5 Å². The molecule has 1 atom stereocenters. The highest BCUT2D eigenvalue weighted by atomic mass is 32.1. The number of rotatable bonds is 8. The van der Waals surface area contributed by atoms with E-state index in [0.29, 0.717) is 0 Å². The van der Waals surface area contributed by atoms with E-state index in [1.54, 1.807) is 17.7 Å². The van der Waals surface area contributed by atoms with Crippen molar-refractivity contribution in [2.75, 3.05) is 51.2 Å². The Kier molecular flexibility index (Phi) is 7.35. The summed E-state index contributed by atoms with van der Waals surface area (Å²) in [7, 11) is 0. The molecule has 0 radical (unpaired) electrons. The SMILES string of the molecule is CCN1CCN(CC2=CC=C(c3cc4ncnc(NC(CO)c5ccccc5)c4s3)CC2)CC1. The summed E-state index contributed by atoms with van der Waals surface area (Å²) in [6, 6.07) is 12.0. The highest BCUT2D eigenvalue weighted by molar-refractivity contribution is 7.20. The molecule has 0 amide bonds. The van der Waals surface area contributed by atoms with Crippen LogP contribution in [0.4, 0.5) is 5.82 Å². The fourth-order valence-corrected chi connectivity index (χ4v) is 5.88. The lowest BCUT2D eigenvalue weighted by molar-refractivity contribution is 0.145. The zero-order valence-corrected chi connectivity index (χ0v) is 20.6. The normalized spacial score (nSPS) is 18.5. The molecule has 2 aromatic heterocycles. The number of aromatic nitrogens is 2. The average molecular weight is 476 g/mol. The first kappa shape index (κ1) is 23.2. The molecular formula is C27H33N5OS. The Labute approximate surface area is 205 Å². The van der Waals surface area contributed by atoms with Crippen molar-refractivity contribution in [3.8, 4) is 0 Å². The molecule has 1 fully saturated rings. The quantitative estimate of drug-likeness (QED) is 0.497. The summed E-state index contributed by atoms with van der Waals surface area (Å²) >= 11 is 1.74. The largest absolute Gasteiger partial charge is 0.394 e. The van der Waals surface area contributed by atoms with Gasteiger partial charge in [0.05, 0.1) is 22.9 Å². The van der Waals surface area contributed by atoms with Crippen LogP contribution >= 0.6 is 11.3 Å². The molecule has 5 rings (SSSR count). The molecule has 2 N–H and O–H groups in total. The number of hydrogen-bond acceptors (Lipinski definition) is 7. The molecule has 6 nitrogen and oxygen atoms in total. The number of allylic oxidation sites excluding steroid dienone is 3. The smallest absolute Gasteiger partial charge is 0.148 e. The molecule has 34 heavy (non-hydrogen) atoms. The second-order valence-electron chi connectivity index (χ2n) is 9.06. The van der Waals surface area contributed by atoms with Crippen LogP contribution in [-0.2, 0) is 0 Å². The standard InChI is InChI=1S/C27H33N5OS/c1-2-31-12-14-32(15-13-31)17-20-8-10-22(11-9-20)25-16-23-26(34-25)27(29-19-28-23)30-24(18-33)21-6-4-3-5-7-21/h3-8,10,16,19,24,33H,2,9,11-15,17-18H2,1H3,(H,28,29,30). The summed E-state index contributed by atoms with van der Waals surface area (Å²) in [4.78, 5) is 15.4. The fraction of sp³-hybridized carbons (Fsp3) is 0.407. The summed E-state index contributed by atoms with van der Waals surface area (Å²) in [6.07, 6.45) is 8.41. The van der Waals surface area contributed by atoms with Crippen molar-refractivity contribution in [2.24, 2.45) is 0 Å². The van der Waals surface area contributed by atoms with E-state index in [-0.39, 0.29) is 12.6 Å². The van der Waals surface area contributed by atoms with Crippen LogP contribution in [-0.4, -0.2) is 70.7 Å². The minimum absolute atomic E-state index is 0.0000400. The maximum Gasteiger partial charge on any atom is 0.148 e. The van der Waals surface area contributed by atoms with Crippen LogP contribution < -0.4 is 5.32 Å². The Hall–Kier alpha value is -2.58. The maximum absolute atomic E-state index is 9.97. The number of piperazine rings is 1. The lowest BCUT2D eigenvalue weighted by Crippen LogP contribution is -2.46. The number of nitrogens with one attached hydrogen (secondary N) is 1. The van der Waals surface area contributed by atoms with Gasteiger partial charge in [-0.1, -0.05) is 55.0 Å². The molecule has 1 saturated heterocycles. The number of likely N-dealkylation sites (N-methyl/N-ethyl adjacent to an activating group) is 1. The maximum atomic E-state index is 9.97. The molecule has 178 valence electrons. The summed E-state index contributed by atoms with van der Waals surface area (Å²) in [6.45, 7) is 9.21. The van der Waals surface area contributed by atoms with E-state index in [0.717, 1.165) is 47.5 Å². The van der Waals surface area contributed by atoms with Gasteiger partial charge < -0.3 is 15.3 Å². The molecule has 1 unspecified atom stereocenters. The number of hydrogen-bond donors (Lipinski definition) is 2. The Morgan fingerprint density at radius 2 is 1.82 bits per heavy atom. The van der Waals surface area contributed by atoms with E-state index in [2.05, 4.69) is 50.2 Å². The molecule has 3 heterocycles. The third kappa shape index (κ3) is 5.23. The molecule has 2 aliphatic rings. The highest BCUT2D eigenvalue weighted by Crippen LogP contribution is 2.37. The van der Waals surface area contributed by atoms with Crippen molar-refractivity contribution in [3.05, 3.63) is 70.9 Å². The van der Waals surface area contributed by atoms with Crippen molar-refractivity contribution in [2.45, 2.75) is 25.8 Å². The van der Waals surface area contributed by atoms with Gasteiger partial charge in [0.15, 0.2) is 0 Å². The number of anilines is 1. The molecule has 1 aliphatic heterocycles.